The summed E-state index contributed by atoms with van der Waals surface area (Å²) in [4.78, 5) is 5.13. The maximum Gasteiger partial charge on any atom is 0.0112 e. The summed E-state index contributed by atoms with van der Waals surface area (Å²) >= 11 is 0. The molecule has 0 radical (unpaired) electrons. The van der Waals surface area contributed by atoms with Gasteiger partial charge in [-0.05, 0) is 51.9 Å². The lowest BCUT2D eigenvalue weighted by atomic mass is 9.89. The van der Waals surface area contributed by atoms with Crippen LogP contribution in [-0.4, -0.2) is 55.6 Å². The normalized spacial score (nSPS) is 36.4. The Morgan fingerprint density at radius 2 is 2.00 bits per heavy atom. The second-order valence-corrected chi connectivity index (χ2v) is 4.91. The van der Waals surface area contributed by atoms with Crippen LogP contribution in [0.5, 0.6) is 0 Å². The van der Waals surface area contributed by atoms with Crippen LogP contribution in [0.3, 0.4) is 0 Å². The summed E-state index contributed by atoms with van der Waals surface area (Å²) < 4.78 is 0. The van der Waals surface area contributed by atoms with Crippen LogP contribution in [0.4, 0.5) is 0 Å². The molecule has 3 nitrogen and oxygen atoms in total. The van der Waals surface area contributed by atoms with E-state index in [4.69, 9.17) is 5.73 Å². The van der Waals surface area contributed by atoms with E-state index in [0.717, 1.165) is 18.5 Å². The molecule has 2 unspecified atom stereocenters. The van der Waals surface area contributed by atoms with Crippen LogP contribution < -0.4 is 5.73 Å². The molecular formula is C11H23N3. The molecule has 0 bridgehead atoms. The molecule has 0 aliphatic carbocycles. The summed E-state index contributed by atoms with van der Waals surface area (Å²) in [6.07, 6.45) is 3.99. The molecule has 2 heterocycles. The van der Waals surface area contributed by atoms with Gasteiger partial charge in [-0.15, -0.1) is 0 Å². The van der Waals surface area contributed by atoms with Crippen molar-refractivity contribution in [3.8, 4) is 0 Å². The zero-order valence-corrected chi connectivity index (χ0v) is 9.28. The Bertz CT molecular complexity index is 183. The molecule has 0 spiro atoms. The average Bonchev–Trinajstić information content (AvgIpc) is 2.40. The largest absolute Gasteiger partial charge is 0.330 e. The van der Waals surface area contributed by atoms with Crippen LogP contribution >= 0.6 is 0 Å². The van der Waals surface area contributed by atoms with Crippen LogP contribution in [0.15, 0.2) is 0 Å². The van der Waals surface area contributed by atoms with Crippen molar-refractivity contribution in [2.24, 2.45) is 11.7 Å². The van der Waals surface area contributed by atoms with Crippen molar-refractivity contribution in [3.05, 3.63) is 0 Å². The van der Waals surface area contributed by atoms with E-state index < -0.39 is 0 Å². The van der Waals surface area contributed by atoms with Crippen molar-refractivity contribution in [1.82, 2.24) is 9.80 Å². The van der Waals surface area contributed by atoms with Gasteiger partial charge in [0.05, 0.1) is 0 Å². The Morgan fingerprint density at radius 3 is 2.79 bits per heavy atom. The summed E-state index contributed by atoms with van der Waals surface area (Å²) in [7, 11) is 2.23. The number of hydrogen-bond acceptors (Lipinski definition) is 3. The molecule has 0 aromatic heterocycles. The second-order valence-electron chi connectivity index (χ2n) is 4.91. The SMILES string of the molecule is CN1CCC2CC(CN)CCN2CC1. The number of nitrogens with two attached hydrogens (primary N) is 1. The molecule has 2 N–H and O–H groups in total. The first-order chi connectivity index (χ1) is 6.79. The van der Waals surface area contributed by atoms with Crippen molar-refractivity contribution < 1.29 is 0 Å². The molecule has 0 aromatic rings. The molecule has 2 rings (SSSR count). The first kappa shape index (κ1) is 10.4. The van der Waals surface area contributed by atoms with E-state index in [1.54, 1.807) is 0 Å². The van der Waals surface area contributed by atoms with Crippen LogP contribution in [0.1, 0.15) is 19.3 Å². The lowest BCUT2D eigenvalue weighted by Crippen LogP contribution is -2.44. The molecule has 2 saturated heterocycles. The maximum atomic E-state index is 5.76. The molecule has 2 aliphatic heterocycles. The highest BCUT2D eigenvalue weighted by atomic mass is 15.2. The maximum absolute atomic E-state index is 5.76. The monoisotopic (exact) mass is 197 g/mol. The Kier molecular flexibility index (Phi) is 3.42. The summed E-state index contributed by atoms with van der Waals surface area (Å²) in [6, 6.07) is 0.822. The number of likely N-dealkylation sites (N-methyl/N-ethyl adjacent to an activating group) is 1. The Hall–Kier alpha value is -0.120. The molecule has 3 heteroatoms. The number of hydrogen-bond donors (Lipinski definition) is 1. The Balaban J connectivity index is 1.92. The van der Waals surface area contributed by atoms with E-state index in [1.165, 1.54) is 45.4 Å². The van der Waals surface area contributed by atoms with Gasteiger partial charge in [-0.3, -0.25) is 4.90 Å². The Morgan fingerprint density at radius 1 is 1.14 bits per heavy atom. The first-order valence-corrected chi connectivity index (χ1v) is 5.92. The van der Waals surface area contributed by atoms with E-state index in [0.29, 0.717) is 0 Å². The molecule has 2 fully saturated rings. The molecule has 2 aliphatic rings. The average molecular weight is 197 g/mol. The molecule has 14 heavy (non-hydrogen) atoms. The number of fused-ring (bicyclic) bond motifs is 1. The summed E-state index contributed by atoms with van der Waals surface area (Å²) in [5.74, 6) is 0.791. The summed E-state index contributed by atoms with van der Waals surface area (Å²) in [5, 5.41) is 0. The third-order valence-electron chi connectivity index (χ3n) is 3.89. The molecule has 0 amide bonds. The van der Waals surface area contributed by atoms with E-state index in [1.807, 2.05) is 0 Å². The second kappa shape index (κ2) is 4.60. The highest BCUT2D eigenvalue weighted by Gasteiger charge is 2.29. The van der Waals surface area contributed by atoms with E-state index in [2.05, 4.69) is 16.8 Å². The smallest absolute Gasteiger partial charge is 0.0112 e. The van der Waals surface area contributed by atoms with E-state index >= 15 is 0 Å². The van der Waals surface area contributed by atoms with Gasteiger partial charge in [0.2, 0.25) is 0 Å². The minimum atomic E-state index is 0.791. The quantitative estimate of drug-likeness (QED) is 0.659. The fraction of sp³-hybridized carbons (Fsp3) is 1.00. The highest BCUT2D eigenvalue weighted by molar-refractivity contribution is 4.85. The lowest BCUT2D eigenvalue weighted by Gasteiger charge is -2.37. The van der Waals surface area contributed by atoms with Crippen molar-refractivity contribution in [2.75, 3.05) is 39.8 Å². The third kappa shape index (κ3) is 2.27. The van der Waals surface area contributed by atoms with Crippen LogP contribution in [0.2, 0.25) is 0 Å². The zero-order valence-electron chi connectivity index (χ0n) is 9.28. The van der Waals surface area contributed by atoms with Crippen LogP contribution in [0.25, 0.3) is 0 Å². The van der Waals surface area contributed by atoms with Crippen molar-refractivity contribution in [1.29, 1.82) is 0 Å². The summed E-state index contributed by atoms with van der Waals surface area (Å²) in [5.41, 5.74) is 5.76. The molecule has 0 saturated carbocycles. The predicted molar refractivity (Wildman–Crippen MR) is 59.3 cm³/mol. The fourth-order valence-electron chi connectivity index (χ4n) is 2.77. The topological polar surface area (TPSA) is 32.5 Å². The van der Waals surface area contributed by atoms with Crippen LogP contribution in [-0.2, 0) is 0 Å². The molecule has 2 atom stereocenters. The third-order valence-corrected chi connectivity index (χ3v) is 3.89. The van der Waals surface area contributed by atoms with Crippen molar-refractivity contribution >= 4 is 0 Å². The minimum Gasteiger partial charge on any atom is -0.330 e. The van der Waals surface area contributed by atoms with Gasteiger partial charge >= 0.3 is 0 Å². The lowest BCUT2D eigenvalue weighted by molar-refractivity contribution is 0.121. The van der Waals surface area contributed by atoms with Gasteiger partial charge in [-0.2, -0.15) is 0 Å². The summed E-state index contributed by atoms with van der Waals surface area (Å²) in [6.45, 7) is 5.93. The molecule has 0 aromatic carbocycles. The Labute approximate surface area is 87.2 Å². The van der Waals surface area contributed by atoms with Gasteiger partial charge in [0.1, 0.15) is 0 Å². The number of rotatable bonds is 1. The van der Waals surface area contributed by atoms with E-state index in [-0.39, 0.29) is 0 Å². The fourth-order valence-corrected chi connectivity index (χ4v) is 2.77. The van der Waals surface area contributed by atoms with Crippen molar-refractivity contribution in [2.45, 2.75) is 25.3 Å². The van der Waals surface area contributed by atoms with Gasteiger partial charge in [0.25, 0.3) is 0 Å². The van der Waals surface area contributed by atoms with Gasteiger partial charge in [-0.25, -0.2) is 0 Å². The highest BCUT2D eigenvalue weighted by Crippen LogP contribution is 2.25. The van der Waals surface area contributed by atoms with Crippen molar-refractivity contribution in [3.63, 3.8) is 0 Å². The van der Waals surface area contributed by atoms with Gasteiger partial charge in [0.15, 0.2) is 0 Å². The van der Waals surface area contributed by atoms with Gasteiger partial charge < -0.3 is 10.6 Å². The van der Waals surface area contributed by atoms with Gasteiger partial charge in [-0.1, -0.05) is 0 Å². The zero-order chi connectivity index (χ0) is 9.97. The van der Waals surface area contributed by atoms with E-state index in [9.17, 15) is 0 Å². The van der Waals surface area contributed by atoms with Gasteiger partial charge in [0, 0.05) is 19.1 Å². The molecular weight excluding hydrogens is 174 g/mol. The number of piperidine rings is 1. The van der Waals surface area contributed by atoms with Crippen LogP contribution in [0, 0.1) is 5.92 Å². The minimum absolute atomic E-state index is 0.791. The number of nitrogens with zero attached hydrogens (tertiary/aromatic N) is 2. The standard InChI is InChI=1S/C11H23N3/c1-13-4-3-11-8-10(9-12)2-5-14(11)7-6-13/h10-11H,2-9,12H2,1H3. The predicted octanol–water partition coefficient (Wildman–Crippen LogP) is 0.361. The molecule has 82 valence electrons. The first-order valence-electron chi connectivity index (χ1n) is 5.92.